The summed E-state index contributed by atoms with van der Waals surface area (Å²) in [5.74, 6) is 1.68. The fourth-order valence-electron chi connectivity index (χ4n) is 2.45. The van der Waals surface area contributed by atoms with E-state index in [4.69, 9.17) is 4.52 Å². The number of rotatable bonds is 2. The second-order valence-corrected chi connectivity index (χ2v) is 4.94. The van der Waals surface area contributed by atoms with Crippen LogP contribution in [0.2, 0.25) is 0 Å². The van der Waals surface area contributed by atoms with Crippen molar-refractivity contribution in [2.24, 2.45) is 0 Å². The normalized spacial score (nSPS) is 23.1. The molecule has 1 unspecified atom stereocenters. The van der Waals surface area contributed by atoms with Crippen molar-refractivity contribution in [2.75, 3.05) is 0 Å². The first kappa shape index (κ1) is 13.3. The van der Waals surface area contributed by atoms with Crippen LogP contribution in [0.3, 0.4) is 0 Å². The number of aryl methyl sites for hydroxylation is 1. The lowest BCUT2D eigenvalue weighted by Crippen LogP contribution is -2.10. The zero-order valence-electron chi connectivity index (χ0n) is 11.6. The molecule has 2 aliphatic carbocycles. The second-order valence-electron chi connectivity index (χ2n) is 4.94. The number of aliphatic hydroxyl groups is 1. The van der Waals surface area contributed by atoms with Gasteiger partial charge in [-0.3, -0.25) is 0 Å². The third-order valence-electron chi connectivity index (χ3n) is 3.54. The highest BCUT2D eigenvalue weighted by atomic mass is 16.5. The number of aliphatic hydroxyl groups excluding tert-OH is 1. The highest BCUT2D eigenvalue weighted by molar-refractivity contribution is 5.70. The SMILES string of the molecule is CC.Cc1noc(C2CC2)c1C1=CCC(O)CC1. The molecule has 1 aromatic heterocycles. The van der Waals surface area contributed by atoms with Crippen LogP contribution in [0.25, 0.3) is 5.57 Å². The van der Waals surface area contributed by atoms with Gasteiger partial charge in [0.2, 0.25) is 0 Å². The molecular formula is C15H23NO2. The maximum Gasteiger partial charge on any atom is 0.147 e. The molecule has 3 nitrogen and oxygen atoms in total. The van der Waals surface area contributed by atoms with E-state index in [1.165, 1.54) is 24.0 Å². The molecule has 0 saturated heterocycles. The van der Waals surface area contributed by atoms with E-state index in [2.05, 4.69) is 11.2 Å². The van der Waals surface area contributed by atoms with E-state index >= 15 is 0 Å². The molecule has 18 heavy (non-hydrogen) atoms. The van der Waals surface area contributed by atoms with Gasteiger partial charge in [0.05, 0.1) is 11.8 Å². The van der Waals surface area contributed by atoms with Gasteiger partial charge in [-0.15, -0.1) is 0 Å². The Labute approximate surface area is 109 Å². The van der Waals surface area contributed by atoms with Crippen molar-refractivity contribution < 1.29 is 9.63 Å². The van der Waals surface area contributed by atoms with Crippen LogP contribution >= 0.6 is 0 Å². The molecule has 0 amide bonds. The van der Waals surface area contributed by atoms with Gasteiger partial charge in [0, 0.05) is 11.5 Å². The number of hydrogen-bond donors (Lipinski definition) is 1. The second kappa shape index (κ2) is 5.70. The van der Waals surface area contributed by atoms with Crippen LogP contribution in [-0.4, -0.2) is 16.4 Å². The summed E-state index contributed by atoms with van der Waals surface area (Å²) in [6, 6.07) is 0. The summed E-state index contributed by atoms with van der Waals surface area (Å²) >= 11 is 0. The molecule has 3 heteroatoms. The molecule has 3 rings (SSSR count). The summed E-state index contributed by atoms with van der Waals surface area (Å²) in [6.45, 7) is 6.01. The average Bonchev–Trinajstić information content (AvgIpc) is 3.17. The van der Waals surface area contributed by atoms with E-state index in [1.54, 1.807) is 0 Å². The Hall–Kier alpha value is -1.09. The predicted octanol–water partition coefficient (Wildman–Crippen LogP) is 3.81. The van der Waals surface area contributed by atoms with E-state index in [-0.39, 0.29) is 6.10 Å². The average molecular weight is 249 g/mol. The molecule has 0 radical (unpaired) electrons. The van der Waals surface area contributed by atoms with Gasteiger partial charge in [-0.2, -0.15) is 0 Å². The summed E-state index contributed by atoms with van der Waals surface area (Å²) in [4.78, 5) is 0. The number of allylic oxidation sites excluding steroid dienone is 1. The Kier molecular flexibility index (Phi) is 4.23. The Morgan fingerprint density at radius 2 is 2.00 bits per heavy atom. The van der Waals surface area contributed by atoms with Crippen molar-refractivity contribution in [1.82, 2.24) is 5.16 Å². The molecule has 1 N–H and O–H groups in total. The lowest BCUT2D eigenvalue weighted by atomic mass is 9.90. The van der Waals surface area contributed by atoms with Crippen molar-refractivity contribution in [3.8, 4) is 0 Å². The largest absolute Gasteiger partial charge is 0.393 e. The molecule has 100 valence electrons. The molecule has 0 spiro atoms. The van der Waals surface area contributed by atoms with E-state index in [0.717, 1.165) is 30.7 Å². The minimum Gasteiger partial charge on any atom is -0.393 e. The van der Waals surface area contributed by atoms with E-state index in [1.807, 2.05) is 20.8 Å². The quantitative estimate of drug-likeness (QED) is 0.866. The van der Waals surface area contributed by atoms with Gasteiger partial charge in [0.15, 0.2) is 0 Å². The molecule has 1 saturated carbocycles. The summed E-state index contributed by atoms with van der Waals surface area (Å²) in [5.41, 5.74) is 3.56. The van der Waals surface area contributed by atoms with Crippen LogP contribution in [-0.2, 0) is 0 Å². The van der Waals surface area contributed by atoms with Crippen LogP contribution in [0.4, 0.5) is 0 Å². The predicted molar refractivity (Wildman–Crippen MR) is 72.4 cm³/mol. The van der Waals surface area contributed by atoms with Crippen molar-refractivity contribution in [2.45, 2.75) is 64.9 Å². The monoisotopic (exact) mass is 249 g/mol. The molecule has 2 aliphatic rings. The molecule has 1 aromatic rings. The zero-order valence-corrected chi connectivity index (χ0v) is 11.6. The van der Waals surface area contributed by atoms with Gasteiger partial charge in [0.25, 0.3) is 0 Å². The Morgan fingerprint density at radius 3 is 2.56 bits per heavy atom. The Balaban J connectivity index is 0.000000574. The van der Waals surface area contributed by atoms with Crippen LogP contribution < -0.4 is 0 Å². The van der Waals surface area contributed by atoms with Gasteiger partial charge in [-0.1, -0.05) is 25.1 Å². The highest BCUT2D eigenvalue weighted by Gasteiger charge is 2.33. The van der Waals surface area contributed by atoms with Crippen LogP contribution in [0.1, 0.15) is 68.9 Å². The minimum absolute atomic E-state index is 0.159. The van der Waals surface area contributed by atoms with Crippen molar-refractivity contribution in [1.29, 1.82) is 0 Å². The van der Waals surface area contributed by atoms with Gasteiger partial charge in [-0.05, 0) is 44.6 Å². The smallest absolute Gasteiger partial charge is 0.147 e. The fraction of sp³-hybridized carbons (Fsp3) is 0.667. The van der Waals surface area contributed by atoms with Crippen molar-refractivity contribution in [3.63, 3.8) is 0 Å². The third kappa shape index (κ3) is 2.66. The summed E-state index contributed by atoms with van der Waals surface area (Å²) in [5, 5.41) is 13.6. The zero-order chi connectivity index (χ0) is 13.1. The number of nitrogens with zero attached hydrogens (tertiary/aromatic N) is 1. The van der Waals surface area contributed by atoms with Crippen molar-refractivity contribution >= 4 is 5.57 Å². The lowest BCUT2D eigenvalue weighted by Gasteiger charge is -2.17. The van der Waals surface area contributed by atoms with Crippen LogP contribution in [0.15, 0.2) is 10.6 Å². The summed E-state index contributed by atoms with van der Waals surface area (Å²) < 4.78 is 5.45. The van der Waals surface area contributed by atoms with Crippen LogP contribution in [0.5, 0.6) is 0 Å². The van der Waals surface area contributed by atoms with Crippen LogP contribution in [0, 0.1) is 6.92 Å². The Morgan fingerprint density at radius 1 is 1.28 bits per heavy atom. The lowest BCUT2D eigenvalue weighted by molar-refractivity contribution is 0.166. The number of aromatic nitrogens is 1. The molecule has 0 bridgehead atoms. The highest BCUT2D eigenvalue weighted by Crippen LogP contribution is 2.45. The van der Waals surface area contributed by atoms with E-state index in [9.17, 15) is 5.11 Å². The van der Waals surface area contributed by atoms with Gasteiger partial charge in [0.1, 0.15) is 5.76 Å². The molecule has 0 aliphatic heterocycles. The molecule has 1 fully saturated rings. The summed E-state index contributed by atoms with van der Waals surface area (Å²) in [7, 11) is 0. The topological polar surface area (TPSA) is 46.3 Å². The first-order valence-electron chi connectivity index (χ1n) is 7.09. The Bertz CT molecular complexity index is 430. The van der Waals surface area contributed by atoms with Gasteiger partial charge >= 0.3 is 0 Å². The molecule has 0 aromatic carbocycles. The van der Waals surface area contributed by atoms with Gasteiger partial charge in [-0.25, -0.2) is 0 Å². The minimum atomic E-state index is -0.159. The van der Waals surface area contributed by atoms with E-state index in [0.29, 0.717) is 5.92 Å². The van der Waals surface area contributed by atoms with E-state index < -0.39 is 0 Å². The maximum absolute atomic E-state index is 9.50. The maximum atomic E-state index is 9.50. The fourth-order valence-corrected chi connectivity index (χ4v) is 2.45. The standard InChI is InChI=1S/C13H17NO2.C2H6/c1-8-12(9-4-6-11(15)7-5-9)13(16-14-8)10-2-3-10;1-2/h4,10-11,15H,2-3,5-7H2,1H3;1-2H3. The third-order valence-corrected chi connectivity index (χ3v) is 3.54. The molecule has 1 atom stereocenters. The first-order valence-corrected chi connectivity index (χ1v) is 7.09. The van der Waals surface area contributed by atoms with Gasteiger partial charge < -0.3 is 9.63 Å². The summed E-state index contributed by atoms with van der Waals surface area (Å²) in [6.07, 6.45) is 7.04. The molecule has 1 heterocycles. The van der Waals surface area contributed by atoms with Crippen molar-refractivity contribution in [3.05, 3.63) is 23.1 Å². The molecular weight excluding hydrogens is 226 g/mol. The number of hydrogen-bond acceptors (Lipinski definition) is 3. The first-order chi connectivity index (χ1) is 8.75.